The normalized spacial score (nSPS) is 20.0. The van der Waals surface area contributed by atoms with E-state index in [9.17, 15) is 19.7 Å². The van der Waals surface area contributed by atoms with Crippen LogP contribution in [0.4, 0.5) is 11.4 Å². The fourth-order valence-corrected chi connectivity index (χ4v) is 3.08. The number of nitrogens with one attached hydrogen (secondary N) is 2. The number of nitrogens with zero attached hydrogens (tertiary/aromatic N) is 2. The second-order valence-corrected chi connectivity index (χ2v) is 6.94. The maximum Gasteiger partial charge on any atom is 0.293 e. The predicted molar refractivity (Wildman–Crippen MR) is 92.5 cm³/mol. The minimum Gasteiger partial charge on any atom is -0.374 e. The molecule has 0 radical (unpaired) electrons. The molecule has 25 heavy (non-hydrogen) atoms. The lowest BCUT2D eigenvalue weighted by molar-refractivity contribution is -0.384. The van der Waals surface area contributed by atoms with Gasteiger partial charge in [0.25, 0.3) is 11.6 Å². The van der Waals surface area contributed by atoms with Crippen LogP contribution in [0.3, 0.4) is 0 Å². The monoisotopic (exact) mass is 346 g/mol. The Kier molecular flexibility index (Phi) is 4.61. The molecule has 1 atom stereocenters. The molecule has 1 aliphatic heterocycles. The van der Waals surface area contributed by atoms with Crippen molar-refractivity contribution in [2.45, 2.75) is 51.2 Å². The minimum absolute atomic E-state index is 0.0535. The van der Waals surface area contributed by atoms with Crippen molar-refractivity contribution in [3.8, 4) is 0 Å². The van der Waals surface area contributed by atoms with Crippen LogP contribution >= 0.6 is 0 Å². The van der Waals surface area contributed by atoms with E-state index in [1.54, 1.807) is 6.07 Å². The van der Waals surface area contributed by atoms with Crippen LogP contribution in [0.1, 0.15) is 43.5 Å². The van der Waals surface area contributed by atoms with Gasteiger partial charge < -0.3 is 15.5 Å². The summed E-state index contributed by atoms with van der Waals surface area (Å²) in [5, 5.41) is 17.2. The highest BCUT2D eigenvalue weighted by Gasteiger charge is 2.39. The topological polar surface area (TPSA) is 105 Å². The van der Waals surface area contributed by atoms with Crippen LogP contribution in [0.25, 0.3) is 0 Å². The first-order chi connectivity index (χ1) is 11.8. The smallest absolute Gasteiger partial charge is 0.293 e. The number of benzene rings is 1. The minimum atomic E-state index is -0.510. The lowest BCUT2D eigenvalue weighted by Crippen LogP contribution is -2.30. The van der Waals surface area contributed by atoms with E-state index < -0.39 is 4.92 Å². The molecule has 1 aromatic carbocycles. The number of hydrogen-bond donors (Lipinski definition) is 2. The van der Waals surface area contributed by atoms with Crippen molar-refractivity contribution in [3.05, 3.63) is 33.9 Å². The third-order valence-corrected chi connectivity index (χ3v) is 4.38. The summed E-state index contributed by atoms with van der Waals surface area (Å²) in [5.41, 5.74) is 0.420. The first-order valence-electron chi connectivity index (χ1n) is 8.50. The summed E-state index contributed by atoms with van der Waals surface area (Å²) in [6.45, 7) is 4.21. The summed E-state index contributed by atoms with van der Waals surface area (Å²) in [6.07, 6.45) is 2.42. The maximum atomic E-state index is 12.0. The van der Waals surface area contributed by atoms with E-state index in [4.69, 9.17) is 0 Å². The van der Waals surface area contributed by atoms with E-state index in [1.807, 2.05) is 18.7 Å². The number of carbonyl (C=O) groups is 2. The molecule has 1 heterocycles. The predicted octanol–water partition coefficient (Wildman–Crippen LogP) is 1.91. The molecule has 1 saturated carbocycles. The number of nitro benzene ring substituents is 1. The van der Waals surface area contributed by atoms with Crippen LogP contribution in [0.5, 0.6) is 0 Å². The Balaban J connectivity index is 1.75. The van der Waals surface area contributed by atoms with Crippen molar-refractivity contribution in [2.75, 3.05) is 11.9 Å². The molecular formula is C17H22N4O4. The number of hydrogen-bond acceptors (Lipinski definition) is 5. The fraction of sp³-hybridized carbons (Fsp3) is 0.529. The molecule has 3 rings (SSSR count). The van der Waals surface area contributed by atoms with Crippen molar-refractivity contribution < 1.29 is 14.5 Å². The van der Waals surface area contributed by atoms with Gasteiger partial charge in [-0.25, -0.2) is 0 Å². The number of carbonyl (C=O) groups excluding carboxylic acids is 2. The van der Waals surface area contributed by atoms with Crippen molar-refractivity contribution in [2.24, 2.45) is 0 Å². The molecule has 8 heteroatoms. The highest BCUT2D eigenvalue weighted by Crippen LogP contribution is 2.33. The molecular weight excluding hydrogens is 324 g/mol. The van der Waals surface area contributed by atoms with Gasteiger partial charge in [0, 0.05) is 36.7 Å². The summed E-state index contributed by atoms with van der Waals surface area (Å²) in [7, 11) is 0. The average molecular weight is 346 g/mol. The molecule has 0 bridgehead atoms. The van der Waals surface area contributed by atoms with E-state index in [1.165, 1.54) is 12.1 Å². The van der Waals surface area contributed by atoms with Crippen LogP contribution in [-0.4, -0.2) is 46.3 Å². The van der Waals surface area contributed by atoms with E-state index in [-0.39, 0.29) is 35.1 Å². The van der Waals surface area contributed by atoms with E-state index in [2.05, 4.69) is 10.6 Å². The Hall–Kier alpha value is -2.64. The van der Waals surface area contributed by atoms with E-state index in [0.717, 1.165) is 12.8 Å². The van der Waals surface area contributed by atoms with Gasteiger partial charge >= 0.3 is 0 Å². The number of amides is 2. The molecule has 8 nitrogen and oxygen atoms in total. The molecule has 2 fully saturated rings. The summed E-state index contributed by atoms with van der Waals surface area (Å²) >= 11 is 0. The fourth-order valence-electron chi connectivity index (χ4n) is 3.08. The van der Waals surface area contributed by atoms with Crippen molar-refractivity contribution in [3.63, 3.8) is 0 Å². The van der Waals surface area contributed by atoms with Crippen LogP contribution in [0.2, 0.25) is 0 Å². The zero-order valence-corrected chi connectivity index (χ0v) is 14.3. The lowest BCUT2D eigenvalue weighted by atomic mass is 10.1. The highest BCUT2D eigenvalue weighted by molar-refractivity contribution is 5.96. The van der Waals surface area contributed by atoms with Crippen molar-refractivity contribution in [1.82, 2.24) is 10.2 Å². The van der Waals surface area contributed by atoms with Gasteiger partial charge in [-0.1, -0.05) is 0 Å². The first-order valence-corrected chi connectivity index (χ1v) is 8.50. The number of rotatable bonds is 6. The van der Waals surface area contributed by atoms with Crippen LogP contribution in [0, 0.1) is 10.1 Å². The average Bonchev–Trinajstić information content (AvgIpc) is 3.30. The summed E-state index contributed by atoms with van der Waals surface area (Å²) in [6, 6.07) is 4.51. The molecule has 2 aliphatic rings. The second kappa shape index (κ2) is 6.70. The van der Waals surface area contributed by atoms with Gasteiger partial charge in [0.15, 0.2) is 0 Å². The van der Waals surface area contributed by atoms with Crippen molar-refractivity contribution >= 4 is 23.2 Å². The number of likely N-dealkylation sites (tertiary alicyclic amines) is 1. The molecule has 1 saturated heterocycles. The molecule has 1 aromatic rings. The second-order valence-electron chi connectivity index (χ2n) is 6.94. The largest absolute Gasteiger partial charge is 0.374 e. The summed E-state index contributed by atoms with van der Waals surface area (Å²) < 4.78 is 0. The van der Waals surface area contributed by atoms with Gasteiger partial charge in [-0.15, -0.1) is 0 Å². The zero-order valence-electron chi connectivity index (χ0n) is 14.3. The molecule has 1 aliphatic carbocycles. The summed E-state index contributed by atoms with van der Waals surface area (Å²) in [4.78, 5) is 36.8. The molecule has 2 amide bonds. The van der Waals surface area contributed by atoms with Crippen LogP contribution in [0.15, 0.2) is 18.2 Å². The lowest BCUT2D eigenvalue weighted by Gasteiger charge is -2.17. The van der Waals surface area contributed by atoms with Crippen molar-refractivity contribution in [1.29, 1.82) is 0 Å². The first kappa shape index (κ1) is 17.2. The Morgan fingerprint density at radius 3 is 2.68 bits per heavy atom. The van der Waals surface area contributed by atoms with Gasteiger partial charge in [0.05, 0.1) is 11.0 Å². The van der Waals surface area contributed by atoms with Crippen LogP contribution in [-0.2, 0) is 4.79 Å². The standard InChI is InChI=1S/C17H22N4O4/c1-10(2)18-17(23)11-3-6-14(15(7-11)21(24)25)19-12-8-16(22)20(9-12)13-4-5-13/h3,6-7,10,12-13,19H,4-5,8-9H2,1-2H3,(H,18,23). The Labute approximate surface area is 145 Å². The third kappa shape index (κ3) is 3.89. The SMILES string of the molecule is CC(C)NC(=O)c1ccc(NC2CC(=O)N(C3CC3)C2)c([N+](=O)[O-])c1. The third-order valence-electron chi connectivity index (χ3n) is 4.38. The van der Waals surface area contributed by atoms with E-state index in [0.29, 0.717) is 24.7 Å². The van der Waals surface area contributed by atoms with Gasteiger partial charge in [-0.2, -0.15) is 0 Å². The Morgan fingerprint density at radius 1 is 1.36 bits per heavy atom. The molecule has 134 valence electrons. The van der Waals surface area contributed by atoms with Gasteiger partial charge in [-0.05, 0) is 38.8 Å². The maximum absolute atomic E-state index is 12.0. The quantitative estimate of drug-likeness (QED) is 0.605. The Bertz CT molecular complexity index is 715. The number of anilines is 1. The Morgan fingerprint density at radius 2 is 2.08 bits per heavy atom. The van der Waals surface area contributed by atoms with Gasteiger partial charge in [-0.3, -0.25) is 19.7 Å². The van der Waals surface area contributed by atoms with Gasteiger partial charge in [0.2, 0.25) is 5.91 Å². The van der Waals surface area contributed by atoms with Gasteiger partial charge in [0.1, 0.15) is 5.69 Å². The molecule has 1 unspecified atom stereocenters. The van der Waals surface area contributed by atoms with Crippen LogP contribution < -0.4 is 10.6 Å². The van der Waals surface area contributed by atoms with E-state index >= 15 is 0 Å². The zero-order chi connectivity index (χ0) is 18.1. The molecule has 0 aromatic heterocycles. The molecule has 0 spiro atoms. The summed E-state index contributed by atoms with van der Waals surface area (Å²) in [5.74, 6) is -0.254. The number of nitro groups is 1. The highest BCUT2D eigenvalue weighted by atomic mass is 16.6. The molecule has 2 N–H and O–H groups in total.